The Hall–Kier alpha value is -0.420. The zero-order valence-electron chi connectivity index (χ0n) is 16.5. The quantitative estimate of drug-likeness (QED) is 0.370. The molecule has 2 aliphatic heterocycles. The van der Waals surface area contributed by atoms with Crippen molar-refractivity contribution in [1.82, 2.24) is 10.2 Å². The van der Waals surface area contributed by atoms with Gasteiger partial charge in [0.15, 0.2) is 0 Å². The van der Waals surface area contributed by atoms with Crippen LogP contribution in [0.1, 0.15) is 33.1 Å². The van der Waals surface area contributed by atoms with Crippen LogP contribution < -0.4 is 5.32 Å². The maximum Gasteiger partial charge on any atom is 0.237 e. The zero-order chi connectivity index (χ0) is 20.3. The fraction of sp³-hybridized carbons (Fsp3) is 0.944. The molecule has 0 bridgehead atoms. The van der Waals surface area contributed by atoms with E-state index >= 15 is 0 Å². The number of aliphatic hydroxyl groups is 4. The van der Waals surface area contributed by atoms with Gasteiger partial charge in [-0.1, -0.05) is 13.3 Å². The first-order valence-corrected chi connectivity index (χ1v) is 10.9. The van der Waals surface area contributed by atoms with Crippen LogP contribution in [0.15, 0.2) is 0 Å². The fourth-order valence-electron chi connectivity index (χ4n) is 4.13. The van der Waals surface area contributed by atoms with E-state index in [1.807, 2.05) is 11.9 Å². The van der Waals surface area contributed by atoms with E-state index in [0.29, 0.717) is 5.92 Å². The number of amides is 1. The third-order valence-electron chi connectivity index (χ3n) is 5.66. The summed E-state index contributed by atoms with van der Waals surface area (Å²) in [5.41, 5.74) is -0.755. The lowest BCUT2D eigenvalue weighted by molar-refractivity contribution is -0.211. The maximum absolute atomic E-state index is 12.8. The normalized spacial score (nSPS) is 39.9. The standard InChI is InChI=1S/C18H34N2O6S/c1-5-6-10-7-11(20(3)8-10)17(25)19-12(9(2)21)16-14(23)13(22)15(24)18(26-16)27-4/h9-16,18,21-24H,5-8H2,1-4H3,(H,19,25)/t9-,10+,11+,12+,13+,14+,15+,16-,18+/m0/s1. The summed E-state index contributed by atoms with van der Waals surface area (Å²) in [4.78, 5) is 14.9. The first kappa shape index (κ1) is 22.9. The lowest BCUT2D eigenvalue weighted by Crippen LogP contribution is -2.65. The summed E-state index contributed by atoms with van der Waals surface area (Å²) in [5.74, 6) is 0.245. The molecule has 2 fully saturated rings. The molecule has 2 heterocycles. The number of carbonyl (C=O) groups is 1. The van der Waals surface area contributed by atoms with Crippen LogP contribution in [-0.2, 0) is 9.53 Å². The Bertz CT molecular complexity index is 494. The molecule has 8 nitrogen and oxygen atoms in total. The highest BCUT2D eigenvalue weighted by Gasteiger charge is 2.48. The van der Waals surface area contributed by atoms with E-state index in [4.69, 9.17) is 4.74 Å². The van der Waals surface area contributed by atoms with Gasteiger partial charge in [0.2, 0.25) is 5.91 Å². The van der Waals surface area contributed by atoms with Crippen molar-refractivity contribution in [3.8, 4) is 0 Å². The van der Waals surface area contributed by atoms with Crippen molar-refractivity contribution in [1.29, 1.82) is 0 Å². The lowest BCUT2D eigenvalue weighted by Gasteiger charge is -2.44. The number of likely N-dealkylation sites (N-methyl/N-ethyl adjacent to an activating group) is 1. The van der Waals surface area contributed by atoms with Gasteiger partial charge in [-0.25, -0.2) is 0 Å². The number of rotatable bonds is 7. The van der Waals surface area contributed by atoms with E-state index in [2.05, 4.69) is 12.2 Å². The first-order valence-electron chi connectivity index (χ1n) is 9.62. The summed E-state index contributed by atoms with van der Waals surface area (Å²) in [7, 11) is 1.91. The van der Waals surface area contributed by atoms with E-state index in [1.165, 1.54) is 18.7 Å². The number of nitrogens with one attached hydrogen (secondary N) is 1. The fourth-order valence-corrected chi connectivity index (χ4v) is 4.81. The minimum atomic E-state index is -1.42. The van der Waals surface area contributed by atoms with Gasteiger partial charge < -0.3 is 30.5 Å². The number of carbonyl (C=O) groups excluding carboxylic acids is 1. The third-order valence-corrected chi connectivity index (χ3v) is 6.51. The number of thioether (sulfide) groups is 1. The lowest BCUT2D eigenvalue weighted by atomic mass is 9.92. The molecule has 0 aliphatic carbocycles. The Labute approximate surface area is 165 Å². The van der Waals surface area contributed by atoms with Crippen LogP contribution in [-0.4, -0.2) is 99.1 Å². The van der Waals surface area contributed by atoms with Crippen LogP contribution in [0.2, 0.25) is 0 Å². The second kappa shape index (κ2) is 9.87. The van der Waals surface area contributed by atoms with Crippen molar-refractivity contribution in [3.05, 3.63) is 0 Å². The summed E-state index contributed by atoms with van der Waals surface area (Å²) < 4.78 is 5.72. The summed E-state index contributed by atoms with van der Waals surface area (Å²) in [5, 5.41) is 43.5. The highest BCUT2D eigenvalue weighted by atomic mass is 32.2. The molecular formula is C18H34N2O6S. The van der Waals surface area contributed by atoms with Crippen molar-refractivity contribution in [2.45, 2.75) is 81.1 Å². The Morgan fingerprint density at radius 2 is 1.96 bits per heavy atom. The molecular weight excluding hydrogens is 372 g/mol. The molecule has 2 saturated heterocycles. The topological polar surface area (TPSA) is 122 Å². The molecule has 5 N–H and O–H groups in total. The van der Waals surface area contributed by atoms with Gasteiger partial charge in [0.05, 0.1) is 18.2 Å². The molecule has 0 spiro atoms. The number of nitrogens with zero attached hydrogens (tertiary/aromatic N) is 1. The predicted octanol–water partition coefficient (Wildman–Crippen LogP) is -0.857. The number of likely N-dealkylation sites (tertiary alicyclic amines) is 1. The number of hydrogen-bond acceptors (Lipinski definition) is 8. The number of hydrogen-bond donors (Lipinski definition) is 5. The van der Waals surface area contributed by atoms with E-state index in [1.54, 1.807) is 6.26 Å². The minimum Gasteiger partial charge on any atom is -0.391 e. The van der Waals surface area contributed by atoms with E-state index in [0.717, 1.165) is 25.8 Å². The van der Waals surface area contributed by atoms with Crippen LogP contribution in [0, 0.1) is 5.92 Å². The van der Waals surface area contributed by atoms with E-state index in [-0.39, 0.29) is 11.9 Å². The predicted molar refractivity (Wildman–Crippen MR) is 103 cm³/mol. The van der Waals surface area contributed by atoms with Crippen LogP contribution >= 0.6 is 11.8 Å². The molecule has 2 aliphatic rings. The molecule has 158 valence electrons. The van der Waals surface area contributed by atoms with E-state index in [9.17, 15) is 25.2 Å². The SMILES string of the molecule is CCC[C@@H]1C[C@H](C(=O)N[C@@H]([C@@H]2O[C@H](SC)[C@H](O)[C@H](O)[C@H]2O)[C@H](C)O)N(C)C1. The number of ether oxygens (including phenoxy) is 1. The summed E-state index contributed by atoms with van der Waals surface area (Å²) in [6, 6.07) is -1.20. The zero-order valence-corrected chi connectivity index (χ0v) is 17.3. The van der Waals surface area contributed by atoms with Crippen LogP contribution in [0.25, 0.3) is 0 Å². The molecule has 9 heteroatoms. The van der Waals surface area contributed by atoms with Gasteiger partial charge in [-0.3, -0.25) is 9.69 Å². The van der Waals surface area contributed by atoms with Crippen molar-refractivity contribution in [2.75, 3.05) is 19.8 Å². The number of aliphatic hydroxyl groups excluding tert-OH is 4. The van der Waals surface area contributed by atoms with Gasteiger partial charge >= 0.3 is 0 Å². The molecule has 1 amide bonds. The van der Waals surface area contributed by atoms with E-state index < -0.39 is 42.0 Å². The monoisotopic (exact) mass is 406 g/mol. The van der Waals surface area contributed by atoms with Gasteiger partial charge in [0.25, 0.3) is 0 Å². The third kappa shape index (κ3) is 5.14. The first-order chi connectivity index (χ1) is 12.7. The largest absolute Gasteiger partial charge is 0.391 e. The summed E-state index contributed by atoms with van der Waals surface area (Å²) >= 11 is 1.20. The molecule has 0 aromatic heterocycles. The Morgan fingerprint density at radius 1 is 1.30 bits per heavy atom. The van der Waals surface area contributed by atoms with Gasteiger partial charge in [0.1, 0.15) is 29.9 Å². The van der Waals surface area contributed by atoms with Gasteiger partial charge in [-0.15, -0.1) is 11.8 Å². The Balaban J connectivity index is 2.09. The second-order valence-corrected chi connectivity index (χ2v) is 8.73. The Kier molecular flexibility index (Phi) is 8.35. The van der Waals surface area contributed by atoms with Crippen LogP contribution in [0.5, 0.6) is 0 Å². The smallest absolute Gasteiger partial charge is 0.237 e. The summed E-state index contributed by atoms with van der Waals surface area (Å²) in [6.07, 6.45) is -1.50. The van der Waals surface area contributed by atoms with Crippen molar-refractivity contribution < 1.29 is 30.0 Å². The molecule has 0 aromatic rings. The average molecular weight is 407 g/mol. The summed E-state index contributed by atoms with van der Waals surface area (Å²) in [6.45, 7) is 4.48. The molecule has 2 rings (SSSR count). The molecule has 0 aromatic carbocycles. The maximum atomic E-state index is 12.8. The van der Waals surface area contributed by atoms with Crippen molar-refractivity contribution in [3.63, 3.8) is 0 Å². The molecule has 0 radical (unpaired) electrons. The molecule has 0 saturated carbocycles. The minimum absolute atomic E-state index is 0.223. The van der Waals surface area contributed by atoms with Gasteiger partial charge in [0, 0.05) is 6.54 Å². The Morgan fingerprint density at radius 3 is 2.52 bits per heavy atom. The molecule has 9 atom stereocenters. The highest BCUT2D eigenvalue weighted by molar-refractivity contribution is 7.99. The highest BCUT2D eigenvalue weighted by Crippen LogP contribution is 2.30. The average Bonchev–Trinajstić information content (AvgIpc) is 2.99. The van der Waals surface area contributed by atoms with Crippen LogP contribution in [0.3, 0.4) is 0 Å². The van der Waals surface area contributed by atoms with Crippen molar-refractivity contribution >= 4 is 17.7 Å². The molecule has 0 unspecified atom stereocenters. The second-order valence-electron chi connectivity index (χ2n) is 7.80. The van der Waals surface area contributed by atoms with Crippen molar-refractivity contribution in [2.24, 2.45) is 5.92 Å². The van der Waals surface area contributed by atoms with Crippen LogP contribution in [0.4, 0.5) is 0 Å². The molecule has 27 heavy (non-hydrogen) atoms. The van der Waals surface area contributed by atoms with Gasteiger partial charge in [-0.2, -0.15) is 0 Å². The van der Waals surface area contributed by atoms with Gasteiger partial charge in [-0.05, 0) is 39.0 Å².